The number of aromatic nitrogens is 1. The second-order valence-corrected chi connectivity index (χ2v) is 7.36. The summed E-state index contributed by atoms with van der Waals surface area (Å²) in [5.74, 6) is -0.426. The van der Waals surface area contributed by atoms with Crippen molar-refractivity contribution in [2.45, 2.75) is 0 Å². The number of carbonyl (C=O) groups is 1. The van der Waals surface area contributed by atoms with Crippen LogP contribution < -0.4 is 10.2 Å². The fourth-order valence-corrected chi connectivity index (χ4v) is 3.78. The van der Waals surface area contributed by atoms with Crippen molar-refractivity contribution in [3.8, 4) is 0 Å². The third-order valence-corrected chi connectivity index (χ3v) is 5.44. The molecule has 148 valence electrons. The standard InChI is InChI=1S/C20H17BrN4O4/c21-16-4-5-17(19-14(16)2-1-7-22-19)23-20(26)15-12-13(25(27)28)3-6-18(15)24-8-10-29-11-9-24/h1-7,12H,8-11H2,(H,23,26). The predicted octanol–water partition coefficient (Wildman–Crippen LogP) is 3.99. The van der Waals surface area contributed by atoms with E-state index in [-0.39, 0.29) is 11.3 Å². The van der Waals surface area contributed by atoms with Crippen molar-refractivity contribution in [1.29, 1.82) is 0 Å². The molecule has 0 radical (unpaired) electrons. The molecule has 8 nitrogen and oxygen atoms in total. The van der Waals surface area contributed by atoms with Crippen LogP contribution in [0.1, 0.15) is 10.4 Å². The number of benzene rings is 2. The lowest BCUT2D eigenvalue weighted by Gasteiger charge is -2.30. The zero-order valence-corrected chi connectivity index (χ0v) is 16.9. The predicted molar refractivity (Wildman–Crippen MR) is 114 cm³/mol. The van der Waals surface area contributed by atoms with Crippen molar-refractivity contribution in [2.24, 2.45) is 0 Å². The molecule has 1 saturated heterocycles. The molecule has 29 heavy (non-hydrogen) atoms. The van der Waals surface area contributed by atoms with Crippen molar-refractivity contribution in [3.05, 3.63) is 68.8 Å². The number of carbonyl (C=O) groups excluding carboxylic acids is 1. The normalized spacial score (nSPS) is 14.0. The molecule has 1 amide bonds. The Morgan fingerprint density at radius 2 is 2.00 bits per heavy atom. The van der Waals surface area contributed by atoms with E-state index < -0.39 is 10.8 Å². The lowest BCUT2D eigenvalue weighted by Crippen LogP contribution is -2.37. The van der Waals surface area contributed by atoms with Crippen LogP contribution in [0.4, 0.5) is 17.1 Å². The van der Waals surface area contributed by atoms with Gasteiger partial charge in [-0.1, -0.05) is 22.0 Å². The number of hydrogen-bond acceptors (Lipinski definition) is 6. The molecule has 2 heterocycles. The first-order valence-corrected chi connectivity index (χ1v) is 9.79. The number of nitrogens with one attached hydrogen (secondary N) is 1. The number of hydrogen-bond donors (Lipinski definition) is 1. The largest absolute Gasteiger partial charge is 0.378 e. The van der Waals surface area contributed by atoms with E-state index >= 15 is 0 Å². The zero-order chi connectivity index (χ0) is 20.4. The van der Waals surface area contributed by atoms with Crippen LogP contribution in [0, 0.1) is 10.1 Å². The van der Waals surface area contributed by atoms with Gasteiger partial charge in [0, 0.05) is 41.3 Å². The maximum absolute atomic E-state index is 13.1. The second-order valence-electron chi connectivity index (χ2n) is 6.51. The smallest absolute Gasteiger partial charge is 0.270 e. The number of nitrogens with zero attached hydrogens (tertiary/aromatic N) is 3. The van der Waals surface area contributed by atoms with Crippen LogP contribution in [0.2, 0.25) is 0 Å². The second kappa shape index (κ2) is 8.14. The topological polar surface area (TPSA) is 97.6 Å². The zero-order valence-electron chi connectivity index (χ0n) is 15.3. The van der Waals surface area contributed by atoms with Crippen molar-refractivity contribution >= 4 is 49.8 Å². The molecule has 3 aromatic rings. The molecule has 9 heteroatoms. The molecule has 1 aromatic heterocycles. The van der Waals surface area contributed by atoms with Crippen LogP contribution in [-0.4, -0.2) is 42.1 Å². The van der Waals surface area contributed by atoms with Gasteiger partial charge >= 0.3 is 0 Å². The highest BCUT2D eigenvalue weighted by Gasteiger charge is 2.22. The van der Waals surface area contributed by atoms with Gasteiger partial charge in [-0.05, 0) is 24.3 Å². The maximum Gasteiger partial charge on any atom is 0.270 e. The number of morpholine rings is 1. The number of anilines is 2. The van der Waals surface area contributed by atoms with Gasteiger partial charge in [-0.2, -0.15) is 0 Å². The number of nitro benzene ring substituents is 1. The van der Waals surface area contributed by atoms with Gasteiger partial charge in [0.1, 0.15) is 0 Å². The number of non-ortho nitro benzene ring substituents is 1. The van der Waals surface area contributed by atoms with Gasteiger partial charge < -0.3 is 15.0 Å². The number of ether oxygens (including phenoxy) is 1. The molecular weight excluding hydrogens is 440 g/mol. The number of nitro groups is 1. The summed E-state index contributed by atoms with van der Waals surface area (Å²) in [4.78, 5) is 30.3. The van der Waals surface area contributed by atoms with Crippen molar-refractivity contribution in [2.75, 3.05) is 36.5 Å². The van der Waals surface area contributed by atoms with Gasteiger partial charge in [-0.3, -0.25) is 19.9 Å². The highest BCUT2D eigenvalue weighted by Crippen LogP contribution is 2.31. The summed E-state index contributed by atoms with van der Waals surface area (Å²) in [5.41, 5.74) is 1.92. The Hall–Kier alpha value is -3.04. The van der Waals surface area contributed by atoms with E-state index in [1.54, 1.807) is 18.3 Å². The molecule has 0 unspecified atom stereocenters. The molecule has 1 aliphatic heterocycles. The Morgan fingerprint density at radius 3 is 2.76 bits per heavy atom. The first-order valence-electron chi connectivity index (χ1n) is 9.00. The summed E-state index contributed by atoms with van der Waals surface area (Å²) in [6, 6.07) is 11.6. The summed E-state index contributed by atoms with van der Waals surface area (Å²) < 4.78 is 6.24. The molecule has 1 aliphatic rings. The molecule has 0 saturated carbocycles. The van der Waals surface area contributed by atoms with Crippen LogP contribution >= 0.6 is 15.9 Å². The van der Waals surface area contributed by atoms with Crippen LogP contribution in [0.25, 0.3) is 10.9 Å². The Labute approximate surface area is 174 Å². The summed E-state index contributed by atoms with van der Waals surface area (Å²) in [6.45, 7) is 2.31. The molecule has 2 aromatic carbocycles. The summed E-state index contributed by atoms with van der Waals surface area (Å²) >= 11 is 3.49. The summed E-state index contributed by atoms with van der Waals surface area (Å²) in [7, 11) is 0. The van der Waals surface area contributed by atoms with Crippen LogP contribution in [0.5, 0.6) is 0 Å². The molecule has 0 aliphatic carbocycles. The fraction of sp³-hybridized carbons (Fsp3) is 0.200. The minimum Gasteiger partial charge on any atom is -0.378 e. The number of rotatable bonds is 4. The third kappa shape index (κ3) is 3.92. The fourth-order valence-electron chi connectivity index (χ4n) is 3.33. The van der Waals surface area contributed by atoms with Crippen LogP contribution in [0.15, 0.2) is 53.1 Å². The molecule has 0 spiro atoms. The van der Waals surface area contributed by atoms with E-state index in [2.05, 4.69) is 26.2 Å². The Kier molecular flexibility index (Phi) is 5.41. The van der Waals surface area contributed by atoms with E-state index in [1.165, 1.54) is 12.1 Å². The van der Waals surface area contributed by atoms with E-state index in [0.717, 1.165) is 9.86 Å². The number of fused-ring (bicyclic) bond motifs is 1. The number of pyridine rings is 1. The quantitative estimate of drug-likeness (QED) is 0.470. The SMILES string of the molecule is O=C(Nc1ccc(Br)c2cccnc12)c1cc([N+](=O)[O-])ccc1N1CCOCC1. The summed E-state index contributed by atoms with van der Waals surface area (Å²) in [5, 5.41) is 15.0. The molecule has 1 N–H and O–H groups in total. The van der Waals surface area contributed by atoms with Crippen molar-refractivity contribution in [1.82, 2.24) is 4.98 Å². The van der Waals surface area contributed by atoms with Crippen LogP contribution in [-0.2, 0) is 4.74 Å². The van der Waals surface area contributed by atoms with Gasteiger partial charge in [0.05, 0.1) is 40.6 Å². The van der Waals surface area contributed by atoms with Crippen molar-refractivity contribution < 1.29 is 14.5 Å². The van der Waals surface area contributed by atoms with E-state index in [1.807, 2.05) is 23.1 Å². The van der Waals surface area contributed by atoms with Gasteiger partial charge in [-0.15, -0.1) is 0 Å². The molecule has 0 bridgehead atoms. The average Bonchev–Trinajstić information content (AvgIpc) is 2.76. The van der Waals surface area contributed by atoms with E-state index in [9.17, 15) is 14.9 Å². The molecule has 4 rings (SSSR count). The van der Waals surface area contributed by atoms with Crippen molar-refractivity contribution in [3.63, 3.8) is 0 Å². The number of halogens is 1. The van der Waals surface area contributed by atoms with E-state index in [4.69, 9.17) is 4.74 Å². The number of amides is 1. The monoisotopic (exact) mass is 456 g/mol. The van der Waals surface area contributed by atoms with Gasteiger partial charge in [0.2, 0.25) is 0 Å². The Bertz CT molecular complexity index is 1100. The lowest BCUT2D eigenvalue weighted by atomic mass is 10.1. The highest BCUT2D eigenvalue weighted by atomic mass is 79.9. The van der Waals surface area contributed by atoms with Crippen LogP contribution in [0.3, 0.4) is 0 Å². The summed E-state index contributed by atoms with van der Waals surface area (Å²) in [6.07, 6.45) is 1.65. The first kappa shape index (κ1) is 19.3. The Morgan fingerprint density at radius 1 is 1.21 bits per heavy atom. The van der Waals surface area contributed by atoms with Gasteiger partial charge in [-0.25, -0.2) is 0 Å². The molecule has 0 atom stereocenters. The van der Waals surface area contributed by atoms with Gasteiger partial charge in [0.15, 0.2) is 0 Å². The minimum absolute atomic E-state index is 0.133. The maximum atomic E-state index is 13.1. The molecule has 1 fully saturated rings. The minimum atomic E-state index is -0.504. The highest BCUT2D eigenvalue weighted by molar-refractivity contribution is 9.10. The van der Waals surface area contributed by atoms with E-state index in [0.29, 0.717) is 43.2 Å². The van der Waals surface area contributed by atoms with Gasteiger partial charge in [0.25, 0.3) is 11.6 Å². The average molecular weight is 457 g/mol. The molecular formula is C20H17BrN4O4. The Balaban J connectivity index is 1.73. The lowest BCUT2D eigenvalue weighted by molar-refractivity contribution is -0.384. The first-order chi connectivity index (χ1) is 14.0. The third-order valence-electron chi connectivity index (χ3n) is 4.75.